The number of anilines is 2. The highest BCUT2D eigenvalue weighted by atomic mass is 32.2. The second-order valence-corrected chi connectivity index (χ2v) is 6.59. The van der Waals surface area contributed by atoms with Crippen LogP contribution in [-0.2, 0) is 10.1 Å². The fourth-order valence-corrected chi connectivity index (χ4v) is 2.98. The van der Waals surface area contributed by atoms with Crippen molar-refractivity contribution in [3.05, 3.63) is 41.0 Å². The average molecular weight is 306 g/mol. The van der Waals surface area contributed by atoms with E-state index in [-0.39, 0.29) is 4.90 Å². The summed E-state index contributed by atoms with van der Waals surface area (Å²) in [5, 5.41) is 0. The van der Waals surface area contributed by atoms with Gasteiger partial charge in [-0.25, -0.2) is 0 Å². The summed E-state index contributed by atoms with van der Waals surface area (Å²) in [5.41, 5.74) is 16.1. The lowest BCUT2D eigenvalue weighted by Gasteiger charge is -2.15. The van der Waals surface area contributed by atoms with Gasteiger partial charge in [0.15, 0.2) is 0 Å². The molecule has 0 amide bonds. The van der Waals surface area contributed by atoms with Crippen molar-refractivity contribution < 1.29 is 13.0 Å². The van der Waals surface area contributed by atoms with Gasteiger partial charge in [0, 0.05) is 16.9 Å². The third-order valence-corrected chi connectivity index (χ3v) is 4.44. The zero-order valence-electron chi connectivity index (χ0n) is 12.1. The second kappa shape index (κ2) is 5.05. The molecule has 0 unspecified atom stereocenters. The van der Waals surface area contributed by atoms with E-state index >= 15 is 0 Å². The van der Waals surface area contributed by atoms with E-state index in [1.54, 1.807) is 19.1 Å². The summed E-state index contributed by atoms with van der Waals surface area (Å²) in [7, 11) is -4.37. The number of benzene rings is 2. The molecule has 0 aliphatic rings. The summed E-state index contributed by atoms with van der Waals surface area (Å²) >= 11 is 0. The van der Waals surface area contributed by atoms with Crippen LogP contribution in [0.15, 0.2) is 29.2 Å². The summed E-state index contributed by atoms with van der Waals surface area (Å²) in [6.07, 6.45) is 0. The lowest BCUT2D eigenvalue weighted by Crippen LogP contribution is -2.05. The molecule has 0 saturated carbocycles. The first-order valence-corrected chi connectivity index (χ1v) is 7.80. The zero-order chi connectivity index (χ0) is 15.9. The molecule has 2 rings (SSSR count). The van der Waals surface area contributed by atoms with Gasteiger partial charge in [-0.05, 0) is 67.3 Å². The molecule has 0 spiro atoms. The van der Waals surface area contributed by atoms with Crippen LogP contribution < -0.4 is 11.5 Å². The van der Waals surface area contributed by atoms with Crippen molar-refractivity contribution in [1.29, 1.82) is 0 Å². The molecule has 5 nitrogen and oxygen atoms in total. The molecular weight excluding hydrogens is 288 g/mol. The molecule has 0 aliphatic heterocycles. The molecule has 2 aromatic rings. The number of nitrogens with two attached hydrogens (primary N) is 2. The fourth-order valence-electron chi connectivity index (χ4n) is 2.26. The minimum Gasteiger partial charge on any atom is -0.399 e. The Morgan fingerprint density at radius 2 is 1.29 bits per heavy atom. The molecular formula is C15H18N2O3S. The molecule has 0 aromatic heterocycles. The maximum absolute atomic E-state index is 11.6. The Morgan fingerprint density at radius 3 is 1.81 bits per heavy atom. The molecule has 2 aromatic carbocycles. The van der Waals surface area contributed by atoms with Gasteiger partial charge in [0.05, 0.1) is 0 Å². The normalized spacial score (nSPS) is 11.6. The van der Waals surface area contributed by atoms with E-state index in [0.29, 0.717) is 22.5 Å². The lowest BCUT2D eigenvalue weighted by atomic mass is 9.95. The Balaban J connectivity index is 2.87. The molecule has 0 saturated heterocycles. The average Bonchev–Trinajstić information content (AvgIpc) is 2.35. The van der Waals surface area contributed by atoms with Crippen LogP contribution in [0.5, 0.6) is 0 Å². The Labute approximate surface area is 124 Å². The molecule has 112 valence electrons. The van der Waals surface area contributed by atoms with Gasteiger partial charge in [0.25, 0.3) is 10.1 Å². The van der Waals surface area contributed by atoms with Crippen molar-refractivity contribution in [3.8, 4) is 11.1 Å². The standard InChI is InChI=1S/C15H18N2O3S/c1-8-6-13(16)9(2)4-11(8)12-5-10(3)14(17)7-15(12)21(18,19)20/h4-7H,16-17H2,1-3H3,(H,18,19,20). The van der Waals surface area contributed by atoms with Crippen LogP contribution in [0.3, 0.4) is 0 Å². The fraction of sp³-hybridized carbons (Fsp3) is 0.200. The van der Waals surface area contributed by atoms with Crippen LogP contribution in [0.1, 0.15) is 16.7 Å². The summed E-state index contributed by atoms with van der Waals surface area (Å²) in [6, 6.07) is 6.54. The first-order valence-electron chi connectivity index (χ1n) is 6.36. The molecule has 6 heteroatoms. The third-order valence-electron chi connectivity index (χ3n) is 3.55. The Kier molecular flexibility index (Phi) is 3.69. The maximum atomic E-state index is 11.6. The van der Waals surface area contributed by atoms with Gasteiger partial charge in [-0.15, -0.1) is 0 Å². The van der Waals surface area contributed by atoms with E-state index in [0.717, 1.165) is 16.7 Å². The molecule has 5 N–H and O–H groups in total. The molecule has 0 radical (unpaired) electrons. The van der Waals surface area contributed by atoms with Gasteiger partial charge in [-0.1, -0.05) is 0 Å². The second-order valence-electron chi connectivity index (χ2n) is 5.20. The van der Waals surface area contributed by atoms with E-state index in [4.69, 9.17) is 11.5 Å². The monoisotopic (exact) mass is 306 g/mol. The van der Waals surface area contributed by atoms with Crippen LogP contribution in [-0.4, -0.2) is 13.0 Å². The first kappa shape index (κ1) is 15.3. The van der Waals surface area contributed by atoms with Gasteiger partial charge in [-0.2, -0.15) is 8.42 Å². The van der Waals surface area contributed by atoms with Crippen LogP contribution in [0, 0.1) is 20.8 Å². The highest BCUT2D eigenvalue weighted by Gasteiger charge is 2.20. The third kappa shape index (κ3) is 2.86. The highest BCUT2D eigenvalue weighted by Crippen LogP contribution is 2.35. The molecule has 21 heavy (non-hydrogen) atoms. The predicted octanol–water partition coefficient (Wildman–Crippen LogP) is 2.69. The van der Waals surface area contributed by atoms with Crippen molar-refractivity contribution in [2.45, 2.75) is 25.7 Å². The van der Waals surface area contributed by atoms with Crippen molar-refractivity contribution in [1.82, 2.24) is 0 Å². The predicted molar refractivity (Wildman–Crippen MR) is 84.7 cm³/mol. The zero-order valence-corrected chi connectivity index (χ0v) is 13.0. The number of nitrogen functional groups attached to an aromatic ring is 2. The molecule has 0 bridgehead atoms. The van der Waals surface area contributed by atoms with Gasteiger partial charge >= 0.3 is 0 Å². The van der Waals surface area contributed by atoms with Crippen LogP contribution in [0.2, 0.25) is 0 Å². The van der Waals surface area contributed by atoms with E-state index < -0.39 is 10.1 Å². The minimum atomic E-state index is -4.37. The summed E-state index contributed by atoms with van der Waals surface area (Å²) in [6.45, 7) is 5.46. The number of aryl methyl sites for hydroxylation is 3. The van der Waals surface area contributed by atoms with Crippen LogP contribution in [0.25, 0.3) is 11.1 Å². The van der Waals surface area contributed by atoms with Crippen molar-refractivity contribution in [3.63, 3.8) is 0 Å². The molecule has 0 aliphatic carbocycles. The SMILES string of the molecule is Cc1cc(-c2cc(C)c(N)cc2S(=O)(=O)O)c(C)cc1N. The Bertz CT molecular complexity index is 827. The van der Waals surface area contributed by atoms with E-state index in [9.17, 15) is 13.0 Å². The van der Waals surface area contributed by atoms with Crippen LogP contribution in [0.4, 0.5) is 11.4 Å². The summed E-state index contributed by atoms with van der Waals surface area (Å²) < 4.78 is 32.7. The lowest BCUT2D eigenvalue weighted by molar-refractivity contribution is 0.483. The Hall–Kier alpha value is -2.05. The molecule has 0 heterocycles. The Morgan fingerprint density at radius 1 is 0.810 bits per heavy atom. The summed E-state index contributed by atoms with van der Waals surface area (Å²) in [4.78, 5) is -0.196. The van der Waals surface area contributed by atoms with Crippen molar-refractivity contribution in [2.24, 2.45) is 0 Å². The van der Waals surface area contributed by atoms with Crippen molar-refractivity contribution in [2.75, 3.05) is 11.5 Å². The van der Waals surface area contributed by atoms with Gasteiger partial charge in [0.2, 0.25) is 0 Å². The van der Waals surface area contributed by atoms with Gasteiger partial charge in [0.1, 0.15) is 4.90 Å². The minimum absolute atomic E-state index is 0.196. The highest BCUT2D eigenvalue weighted by molar-refractivity contribution is 7.86. The summed E-state index contributed by atoms with van der Waals surface area (Å²) in [5.74, 6) is 0. The van der Waals surface area contributed by atoms with E-state index in [1.807, 2.05) is 19.9 Å². The smallest absolute Gasteiger partial charge is 0.295 e. The van der Waals surface area contributed by atoms with Gasteiger partial charge < -0.3 is 11.5 Å². The van der Waals surface area contributed by atoms with Crippen LogP contribution >= 0.6 is 0 Å². The largest absolute Gasteiger partial charge is 0.399 e. The maximum Gasteiger partial charge on any atom is 0.295 e. The first-order chi connectivity index (χ1) is 9.61. The van der Waals surface area contributed by atoms with Gasteiger partial charge in [-0.3, -0.25) is 4.55 Å². The molecule has 0 atom stereocenters. The van der Waals surface area contributed by atoms with Crippen molar-refractivity contribution >= 4 is 21.5 Å². The molecule has 0 fully saturated rings. The van der Waals surface area contributed by atoms with E-state index in [2.05, 4.69) is 0 Å². The number of rotatable bonds is 2. The topological polar surface area (TPSA) is 106 Å². The number of hydrogen-bond acceptors (Lipinski definition) is 4. The number of hydrogen-bond donors (Lipinski definition) is 3. The van der Waals surface area contributed by atoms with E-state index in [1.165, 1.54) is 6.07 Å². The quantitative estimate of drug-likeness (QED) is 0.584.